The van der Waals surface area contributed by atoms with Crippen molar-refractivity contribution >= 4 is 5.91 Å². The summed E-state index contributed by atoms with van der Waals surface area (Å²) in [4.78, 5) is 13.0. The van der Waals surface area contributed by atoms with Crippen LogP contribution in [0.25, 0.3) is 0 Å². The molecule has 0 saturated carbocycles. The minimum Gasteiger partial charge on any atom is -0.394 e. The Morgan fingerprint density at radius 2 is 0.824 bits per heavy atom. The largest absolute Gasteiger partial charge is 0.394 e. The lowest BCUT2D eigenvalue weighted by atomic mass is 9.99. The van der Waals surface area contributed by atoms with Gasteiger partial charge in [-0.2, -0.15) is 0 Å². The summed E-state index contributed by atoms with van der Waals surface area (Å²) in [5, 5.41) is 54.4. The Morgan fingerprint density at radius 1 is 0.485 bits per heavy atom. The van der Waals surface area contributed by atoms with E-state index in [2.05, 4.69) is 31.3 Å². The van der Waals surface area contributed by atoms with E-state index in [1.54, 1.807) is 0 Å². The highest BCUT2D eigenvalue weighted by molar-refractivity contribution is 5.76. The van der Waals surface area contributed by atoms with Gasteiger partial charge in [-0.05, 0) is 38.5 Å². The molecule has 6 N–H and O–H groups in total. The molecule has 0 radical (unpaired) electrons. The van der Waals surface area contributed by atoms with E-state index in [0.717, 1.165) is 38.5 Å². The van der Waals surface area contributed by atoms with E-state index in [9.17, 15) is 30.3 Å². The number of rotatable bonds is 52. The SMILES string of the molecule is CCCCCCCCCC/C=C\CCCCCCCCCCCCCCCCCCCCCCCCCC(=O)NC(COC1OC(CO)C(O)C(O)C1O)C(O)CCCCCCCCCCCC. The van der Waals surface area contributed by atoms with E-state index >= 15 is 0 Å². The number of carbonyl (C=O) groups excluding carboxylic acids is 1. The Morgan fingerprint density at radius 3 is 1.19 bits per heavy atom. The minimum absolute atomic E-state index is 0.133. The van der Waals surface area contributed by atoms with Crippen molar-refractivity contribution < 1.29 is 39.8 Å². The molecule has 7 atom stereocenters. The Bertz CT molecular complexity index is 1080. The molecular weight excluding hydrogens is 851 g/mol. The van der Waals surface area contributed by atoms with Gasteiger partial charge in [-0.25, -0.2) is 0 Å². The first-order valence-corrected chi connectivity index (χ1v) is 29.9. The predicted molar refractivity (Wildman–Crippen MR) is 286 cm³/mol. The third-order valence-corrected chi connectivity index (χ3v) is 14.6. The fourth-order valence-corrected chi connectivity index (χ4v) is 9.87. The van der Waals surface area contributed by atoms with Crippen molar-refractivity contribution in [3.05, 3.63) is 12.2 Å². The molecule has 1 fully saturated rings. The average molecular weight is 967 g/mol. The molecule has 68 heavy (non-hydrogen) atoms. The monoisotopic (exact) mass is 966 g/mol. The van der Waals surface area contributed by atoms with E-state index in [1.807, 2.05) is 0 Å². The molecule has 1 saturated heterocycles. The van der Waals surface area contributed by atoms with Crippen LogP contribution in [0.5, 0.6) is 0 Å². The second kappa shape index (κ2) is 49.5. The van der Waals surface area contributed by atoms with E-state index in [-0.39, 0.29) is 12.5 Å². The predicted octanol–water partition coefficient (Wildman–Crippen LogP) is 14.8. The molecule has 1 aliphatic heterocycles. The first kappa shape index (κ1) is 64.9. The Kier molecular flexibility index (Phi) is 47.3. The molecule has 0 aromatic heterocycles. The van der Waals surface area contributed by atoms with Crippen molar-refractivity contribution in [1.82, 2.24) is 5.32 Å². The lowest BCUT2D eigenvalue weighted by Gasteiger charge is -2.40. The third-order valence-electron chi connectivity index (χ3n) is 14.6. The molecule has 0 aromatic rings. The van der Waals surface area contributed by atoms with Crippen molar-refractivity contribution in [1.29, 1.82) is 0 Å². The summed E-state index contributed by atoms with van der Waals surface area (Å²) in [6.07, 6.45) is 54.3. The van der Waals surface area contributed by atoms with Gasteiger partial charge in [-0.15, -0.1) is 0 Å². The topological polar surface area (TPSA) is 149 Å². The van der Waals surface area contributed by atoms with Crippen LogP contribution in [0, 0.1) is 0 Å². The molecule has 1 heterocycles. The molecule has 9 heteroatoms. The molecular formula is C59H115NO8. The average Bonchev–Trinajstić information content (AvgIpc) is 3.34. The van der Waals surface area contributed by atoms with E-state index in [4.69, 9.17) is 9.47 Å². The molecule has 7 unspecified atom stereocenters. The maximum Gasteiger partial charge on any atom is 0.220 e. The van der Waals surface area contributed by atoms with Crippen LogP contribution >= 0.6 is 0 Å². The number of amides is 1. The standard InChI is InChI=1S/C59H115NO8/c1-3-5-7-9-11-13-15-16-17-18-19-20-21-22-23-24-25-26-27-28-29-30-31-32-33-34-35-36-37-38-39-41-43-45-47-49-55(63)60-52(51-67-59-58(66)57(65)56(64)54(50-61)68-59)53(62)48-46-44-42-40-14-12-10-8-6-4-2/h18-19,52-54,56-59,61-62,64-66H,3-17,20-51H2,1-2H3,(H,60,63)/b19-18-. The second-order valence-corrected chi connectivity index (χ2v) is 21.1. The first-order chi connectivity index (χ1) is 33.3. The van der Waals surface area contributed by atoms with Crippen LogP contribution in [0.3, 0.4) is 0 Å². The van der Waals surface area contributed by atoms with Gasteiger partial charge < -0.3 is 40.3 Å². The summed E-state index contributed by atoms with van der Waals surface area (Å²) in [7, 11) is 0. The van der Waals surface area contributed by atoms with Crippen molar-refractivity contribution in [2.75, 3.05) is 13.2 Å². The smallest absolute Gasteiger partial charge is 0.220 e. The number of hydrogen-bond acceptors (Lipinski definition) is 8. The lowest BCUT2D eigenvalue weighted by molar-refractivity contribution is -0.302. The van der Waals surface area contributed by atoms with Gasteiger partial charge >= 0.3 is 0 Å². The quantitative estimate of drug-likeness (QED) is 0.0261. The summed E-state index contributed by atoms with van der Waals surface area (Å²) in [5.41, 5.74) is 0. The molecule has 1 rings (SSSR count). The van der Waals surface area contributed by atoms with Gasteiger partial charge in [0, 0.05) is 6.42 Å². The number of unbranched alkanes of at least 4 members (excludes halogenated alkanes) is 40. The van der Waals surface area contributed by atoms with Gasteiger partial charge in [-0.3, -0.25) is 4.79 Å². The zero-order valence-electron chi connectivity index (χ0n) is 44.9. The van der Waals surface area contributed by atoms with Gasteiger partial charge in [0.2, 0.25) is 5.91 Å². The lowest BCUT2D eigenvalue weighted by Crippen LogP contribution is -2.60. The van der Waals surface area contributed by atoms with Crippen LogP contribution in [0.4, 0.5) is 0 Å². The zero-order valence-corrected chi connectivity index (χ0v) is 44.9. The molecule has 1 amide bonds. The molecule has 0 bridgehead atoms. The van der Waals surface area contributed by atoms with E-state index in [0.29, 0.717) is 12.8 Å². The minimum atomic E-state index is -1.55. The molecule has 9 nitrogen and oxygen atoms in total. The van der Waals surface area contributed by atoms with E-state index in [1.165, 1.54) is 238 Å². The van der Waals surface area contributed by atoms with Gasteiger partial charge in [0.25, 0.3) is 0 Å². The summed E-state index contributed by atoms with van der Waals surface area (Å²) < 4.78 is 11.3. The third kappa shape index (κ3) is 38.6. The fourth-order valence-electron chi connectivity index (χ4n) is 9.87. The summed E-state index contributed by atoms with van der Waals surface area (Å²) in [6.45, 7) is 3.84. The van der Waals surface area contributed by atoms with Crippen LogP contribution in [0.2, 0.25) is 0 Å². The first-order valence-electron chi connectivity index (χ1n) is 29.9. The number of nitrogens with one attached hydrogen (secondary N) is 1. The van der Waals surface area contributed by atoms with E-state index < -0.39 is 49.5 Å². The van der Waals surface area contributed by atoms with Crippen LogP contribution in [0.1, 0.15) is 303 Å². The highest BCUT2D eigenvalue weighted by atomic mass is 16.7. The highest BCUT2D eigenvalue weighted by Gasteiger charge is 2.44. The number of aliphatic hydroxyl groups excluding tert-OH is 5. The van der Waals surface area contributed by atoms with Gasteiger partial charge in [-0.1, -0.05) is 270 Å². The number of allylic oxidation sites excluding steroid dienone is 2. The number of hydrogen-bond donors (Lipinski definition) is 6. The fraction of sp³-hybridized carbons (Fsp3) is 0.949. The Labute approximate surface area is 420 Å². The number of aliphatic hydroxyl groups is 5. The number of ether oxygens (including phenoxy) is 2. The van der Waals surface area contributed by atoms with Gasteiger partial charge in [0.1, 0.15) is 24.4 Å². The van der Waals surface area contributed by atoms with Crippen LogP contribution in [0.15, 0.2) is 12.2 Å². The van der Waals surface area contributed by atoms with Crippen LogP contribution in [-0.4, -0.2) is 87.5 Å². The molecule has 1 aliphatic rings. The van der Waals surface area contributed by atoms with Crippen LogP contribution in [-0.2, 0) is 14.3 Å². The van der Waals surface area contributed by atoms with Crippen molar-refractivity contribution in [3.63, 3.8) is 0 Å². The van der Waals surface area contributed by atoms with Crippen molar-refractivity contribution in [2.24, 2.45) is 0 Å². The molecule has 0 aromatic carbocycles. The normalized spacial score (nSPS) is 19.5. The van der Waals surface area contributed by atoms with Crippen molar-refractivity contribution in [2.45, 2.75) is 346 Å². The molecule has 0 spiro atoms. The van der Waals surface area contributed by atoms with Gasteiger partial charge in [0.05, 0.1) is 25.4 Å². The molecule has 0 aliphatic carbocycles. The van der Waals surface area contributed by atoms with Gasteiger partial charge in [0.15, 0.2) is 6.29 Å². The Balaban J connectivity index is 2.02. The maximum atomic E-state index is 13.0. The summed E-state index contributed by atoms with van der Waals surface area (Å²) >= 11 is 0. The van der Waals surface area contributed by atoms with Crippen LogP contribution < -0.4 is 5.32 Å². The second-order valence-electron chi connectivity index (χ2n) is 21.1. The maximum absolute atomic E-state index is 13.0. The zero-order chi connectivity index (χ0) is 49.4. The summed E-state index contributed by atoms with van der Waals surface area (Å²) in [6, 6.07) is -0.713. The van der Waals surface area contributed by atoms with Crippen molar-refractivity contribution in [3.8, 4) is 0 Å². The Hall–Kier alpha value is -1.07. The summed E-state index contributed by atoms with van der Waals surface area (Å²) in [5.74, 6) is -0.140. The molecule has 404 valence electrons. The number of carbonyl (C=O) groups is 1. The highest BCUT2D eigenvalue weighted by Crippen LogP contribution is 2.23.